The summed E-state index contributed by atoms with van der Waals surface area (Å²) in [5.74, 6) is 0. The molecule has 1 aliphatic rings. The summed E-state index contributed by atoms with van der Waals surface area (Å²) in [6, 6.07) is 12.8. The van der Waals surface area contributed by atoms with Gasteiger partial charge in [0.15, 0.2) is 0 Å². The molecular formula is C14H18N2. The first kappa shape index (κ1) is 11.0. The van der Waals surface area contributed by atoms with Crippen molar-refractivity contribution >= 4 is 5.69 Å². The molecule has 2 heteroatoms. The zero-order valence-electron chi connectivity index (χ0n) is 9.82. The summed E-state index contributed by atoms with van der Waals surface area (Å²) in [7, 11) is 2.05. The predicted molar refractivity (Wildman–Crippen MR) is 66.3 cm³/mol. The molecule has 0 amide bonds. The molecule has 0 bridgehead atoms. The molecule has 0 saturated heterocycles. The lowest BCUT2D eigenvalue weighted by molar-refractivity contribution is 0.353. The van der Waals surface area contributed by atoms with Crippen LogP contribution < -0.4 is 4.90 Å². The van der Waals surface area contributed by atoms with Crippen molar-refractivity contribution in [3.8, 4) is 6.07 Å². The molecule has 0 radical (unpaired) electrons. The Morgan fingerprint density at radius 3 is 2.31 bits per heavy atom. The normalized spacial score (nSPS) is 18.8. The van der Waals surface area contributed by atoms with E-state index in [-0.39, 0.29) is 5.54 Å². The van der Waals surface area contributed by atoms with E-state index in [1.54, 1.807) is 0 Å². The van der Waals surface area contributed by atoms with Gasteiger partial charge in [-0.3, -0.25) is 0 Å². The van der Waals surface area contributed by atoms with Crippen molar-refractivity contribution in [3.05, 3.63) is 30.3 Å². The molecule has 0 aromatic heterocycles. The van der Waals surface area contributed by atoms with Gasteiger partial charge in [-0.15, -0.1) is 0 Å². The van der Waals surface area contributed by atoms with Gasteiger partial charge in [0.05, 0.1) is 6.07 Å². The minimum atomic E-state index is -0.278. The monoisotopic (exact) mass is 214 g/mol. The molecule has 1 saturated carbocycles. The summed E-state index contributed by atoms with van der Waals surface area (Å²) in [5.41, 5.74) is 0.866. The second-order valence-electron chi connectivity index (χ2n) is 4.60. The average Bonchev–Trinajstić information content (AvgIpc) is 2.39. The Hall–Kier alpha value is -1.49. The van der Waals surface area contributed by atoms with E-state index in [1.165, 1.54) is 19.3 Å². The molecule has 0 N–H and O–H groups in total. The maximum absolute atomic E-state index is 9.48. The molecular weight excluding hydrogens is 196 g/mol. The van der Waals surface area contributed by atoms with Gasteiger partial charge in [0.25, 0.3) is 0 Å². The van der Waals surface area contributed by atoms with Gasteiger partial charge in [-0.05, 0) is 25.0 Å². The average molecular weight is 214 g/mol. The van der Waals surface area contributed by atoms with E-state index in [1.807, 2.05) is 25.2 Å². The van der Waals surface area contributed by atoms with E-state index in [0.717, 1.165) is 18.5 Å². The van der Waals surface area contributed by atoms with Crippen LogP contribution in [-0.2, 0) is 0 Å². The van der Waals surface area contributed by atoms with Crippen LogP contribution in [0.1, 0.15) is 32.1 Å². The third kappa shape index (κ3) is 1.90. The van der Waals surface area contributed by atoms with Gasteiger partial charge < -0.3 is 4.90 Å². The molecule has 1 fully saturated rings. The highest BCUT2D eigenvalue weighted by molar-refractivity contribution is 5.50. The van der Waals surface area contributed by atoms with Crippen molar-refractivity contribution in [1.82, 2.24) is 0 Å². The van der Waals surface area contributed by atoms with Gasteiger partial charge in [-0.2, -0.15) is 5.26 Å². The van der Waals surface area contributed by atoms with E-state index in [2.05, 4.69) is 23.1 Å². The number of nitrogens with zero attached hydrogens (tertiary/aromatic N) is 2. The number of benzene rings is 1. The minimum absolute atomic E-state index is 0.278. The molecule has 1 aromatic carbocycles. The number of anilines is 1. The zero-order chi connectivity index (χ0) is 11.4. The standard InChI is InChI=1S/C14H18N2/c1-16(13-8-4-2-5-9-13)14(12-15)10-6-3-7-11-14/h2,4-5,8-9H,3,6-7,10-11H2,1H3. The van der Waals surface area contributed by atoms with Crippen LogP contribution in [-0.4, -0.2) is 12.6 Å². The quantitative estimate of drug-likeness (QED) is 0.755. The summed E-state index contributed by atoms with van der Waals surface area (Å²) in [4.78, 5) is 2.16. The second kappa shape index (κ2) is 4.57. The summed E-state index contributed by atoms with van der Waals surface area (Å²) < 4.78 is 0. The summed E-state index contributed by atoms with van der Waals surface area (Å²) in [6.07, 6.45) is 5.60. The van der Waals surface area contributed by atoms with E-state index >= 15 is 0 Å². The van der Waals surface area contributed by atoms with Crippen LogP contribution in [0.25, 0.3) is 0 Å². The third-order valence-electron chi connectivity index (χ3n) is 3.67. The first-order valence-corrected chi connectivity index (χ1v) is 5.99. The number of rotatable bonds is 2. The van der Waals surface area contributed by atoms with Gasteiger partial charge in [-0.1, -0.05) is 37.5 Å². The highest BCUT2D eigenvalue weighted by Gasteiger charge is 2.36. The fraction of sp³-hybridized carbons (Fsp3) is 0.500. The summed E-state index contributed by atoms with van der Waals surface area (Å²) in [6.45, 7) is 0. The Kier molecular flexibility index (Phi) is 3.14. The van der Waals surface area contributed by atoms with Crippen molar-refractivity contribution < 1.29 is 0 Å². The van der Waals surface area contributed by atoms with Crippen molar-refractivity contribution in [3.63, 3.8) is 0 Å². The van der Waals surface area contributed by atoms with Gasteiger partial charge in [0.2, 0.25) is 0 Å². The number of hydrogen-bond acceptors (Lipinski definition) is 2. The van der Waals surface area contributed by atoms with E-state index in [9.17, 15) is 5.26 Å². The molecule has 1 aliphatic carbocycles. The van der Waals surface area contributed by atoms with Crippen LogP contribution in [0.5, 0.6) is 0 Å². The van der Waals surface area contributed by atoms with E-state index in [0.29, 0.717) is 0 Å². The molecule has 0 unspecified atom stereocenters. The number of hydrogen-bond donors (Lipinski definition) is 0. The molecule has 0 aliphatic heterocycles. The maximum atomic E-state index is 9.48. The zero-order valence-corrected chi connectivity index (χ0v) is 9.82. The molecule has 2 nitrogen and oxygen atoms in total. The molecule has 16 heavy (non-hydrogen) atoms. The molecule has 0 spiro atoms. The Balaban J connectivity index is 2.25. The molecule has 0 heterocycles. The van der Waals surface area contributed by atoms with Gasteiger partial charge >= 0.3 is 0 Å². The Bertz CT molecular complexity index is 371. The molecule has 0 atom stereocenters. The first-order valence-electron chi connectivity index (χ1n) is 5.99. The van der Waals surface area contributed by atoms with Crippen LogP contribution in [0.4, 0.5) is 5.69 Å². The van der Waals surface area contributed by atoms with Crippen LogP contribution in [0.3, 0.4) is 0 Å². The lowest BCUT2D eigenvalue weighted by Crippen LogP contribution is -2.47. The molecule has 2 rings (SSSR count). The first-order chi connectivity index (χ1) is 7.78. The lowest BCUT2D eigenvalue weighted by Gasteiger charge is -2.40. The second-order valence-corrected chi connectivity index (χ2v) is 4.60. The third-order valence-corrected chi connectivity index (χ3v) is 3.67. The molecule has 1 aromatic rings. The number of nitriles is 1. The van der Waals surface area contributed by atoms with Crippen molar-refractivity contribution in [2.75, 3.05) is 11.9 Å². The lowest BCUT2D eigenvalue weighted by atomic mass is 9.81. The SMILES string of the molecule is CN(c1ccccc1)C1(C#N)CCCCC1. The van der Waals surface area contributed by atoms with E-state index in [4.69, 9.17) is 0 Å². The fourth-order valence-corrected chi connectivity index (χ4v) is 2.56. The van der Waals surface area contributed by atoms with Gasteiger partial charge in [-0.25, -0.2) is 0 Å². The highest BCUT2D eigenvalue weighted by atomic mass is 15.2. The minimum Gasteiger partial charge on any atom is -0.356 e. The van der Waals surface area contributed by atoms with Crippen LogP contribution in [0, 0.1) is 11.3 Å². The van der Waals surface area contributed by atoms with Crippen molar-refractivity contribution in [1.29, 1.82) is 5.26 Å². The van der Waals surface area contributed by atoms with Crippen LogP contribution in [0.2, 0.25) is 0 Å². The summed E-state index contributed by atoms with van der Waals surface area (Å²) >= 11 is 0. The Morgan fingerprint density at radius 1 is 1.12 bits per heavy atom. The Morgan fingerprint density at radius 2 is 1.75 bits per heavy atom. The highest BCUT2D eigenvalue weighted by Crippen LogP contribution is 2.35. The van der Waals surface area contributed by atoms with Crippen molar-refractivity contribution in [2.24, 2.45) is 0 Å². The summed E-state index contributed by atoms with van der Waals surface area (Å²) in [5, 5.41) is 9.48. The predicted octanol–water partition coefficient (Wildman–Crippen LogP) is 3.35. The largest absolute Gasteiger partial charge is 0.356 e. The van der Waals surface area contributed by atoms with E-state index < -0.39 is 0 Å². The smallest absolute Gasteiger partial charge is 0.127 e. The van der Waals surface area contributed by atoms with Crippen LogP contribution in [0.15, 0.2) is 30.3 Å². The van der Waals surface area contributed by atoms with Gasteiger partial charge in [0, 0.05) is 12.7 Å². The number of para-hydroxylation sites is 1. The topological polar surface area (TPSA) is 27.0 Å². The maximum Gasteiger partial charge on any atom is 0.127 e. The Labute approximate surface area is 97.5 Å². The fourth-order valence-electron chi connectivity index (χ4n) is 2.56. The van der Waals surface area contributed by atoms with Gasteiger partial charge in [0.1, 0.15) is 5.54 Å². The van der Waals surface area contributed by atoms with Crippen molar-refractivity contribution in [2.45, 2.75) is 37.6 Å². The molecule has 84 valence electrons. The van der Waals surface area contributed by atoms with Crippen LogP contribution >= 0.6 is 0 Å².